The Kier molecular flexibility index (Phi) is 7.06. The Morgan fingerprint density at radius 2 is 1.79 bits per heavy atom. The van der Waals surface area contributed by atoms with Gasteiger partial charge in [-0.1, -0.05) is 12.1 Å². The van der Waals surface area contributed by atoms with Crippen LogP contribution >= 0.6 is 0 Å². The Morgan fingerprint density at radius 1 is 1.10 bits per heavy atom. The molecule has 222 valence electrons. The molecule has 0 fully saturated rings. The van der Waals surface area contributed by atoms with Crippen molar-refractivity contribution in [2.75, 3.05) is 38.4 Å². The van der Waals surface area contributed by atoms with Gasteiger partial charge < -0.3 is 36.4 Å². The molecule has 0 saturated heterocycles. The molecule has 42 heavy (non-hydrogen) atoms. The summed E-state index contributed by atoms with van der Waals surface area (Å²) in [6.45, 7) is 1.39. The maximum atomic E-state index is 14.2. The predicted octanol–water partition coefficient (Wildman–Crippen LogP) is 2.63. The molecule has 11 nitrogen and oxygen atoms in total. The number of nitrogens with one attached hydrogen (secondary N) is 1. The monoisotopic (exact) mass is 576 g/mol. The minimum absolute atomic E-state index is 0.0203. The van der Waals surface area contributed by atoms with Gasteiger partial charge in [0, 0.05) is 55.9 Å². The largest absolute Gasteiger partial charge is 0.510 e. The highest BCUT2D eigenvalue weighted by atomic mass is 16.3. The number of anilines is 2. The van der Waals surface area contributed by atoms with E-state index in [2.05, 4.69) is 5.32 Å². The molecular formula is C31H36N4O7. The van der Waals surface area contributed by atoms with Gasteiger partial charge in [-0.2, -0.15) is 0 Å². The van der Waals surface area contributed by atoms with E-state index in [0.717, 1.165) is 0 Å². The van der Waals surface area contributed by atoms with Crippen LogP contribution in [-0.4, -0.2) is 82.8 Å². The number of carbonyl (C=O) groups excluding carboxylic acids is 3. The molecule has 5 rings (SSSR count). The molecule has 0 aliphatic heterocycles. The van der Waals surface area contributed by atoms with E-state index in [1.165, 1.54) is 6.92 Å². The number of carbonyl (C=O) groups is 3. The number of aromatic hydroxyl groups is 1. The number of nitrogens with zero attached hydrogens (tertiary/aromatic N) is 2. The second-order valence-corrected chi connectivity index (χ2v) is 11.9. The van der Waals surface area contributed by atoms with Gasteiger partial charge in [-0.3, -0.25) is 19.3 Å². The number of aliphatic hydroxyl groups excluding tert-OH is 2. The van der Waals surface area contributed by atoms with Gasteiger partial charge >= 0.3 is 0 Å². The van der Waals surface area contributed by atoms with Crippen LogP contribution in [0.5, 0.6) is 5.75 Å². The molecule has 0 saturated carbocycles. The zero-order valence-corrected chi connectivity index (χ0v) is 24.2. The molecule has 3 aliphatic rings. The van der Waals surface area contributed by atoms with E-state index in [-0.39, 0.29) is 47.0 Å². The molecule has 4 unspecified atom stereocenters. The first-order valence-electron chi connectivity index (χ1n) is 13.7. The van der Waals surface area contributed by atoms with Gasteiger partial charge in [0.1, 0.15) is 22.9 Å². The average molecular weight is 577 g/mol. The summed E-state index contributed by atoms with van der Waals surface area (Å²) in [4.78, 5) is 41.6. The van der Waals surface area contributed by atoms with Crippen molar-refractivity contribution in [3.05, 3.63) is 64.1 Å². The summed E-state index contributed by atoms with van der Waals surface area (Å²) in [6, 6.07) is 7.84. The fraction of sp³-hybridized carbons (Fsp3) is 0.387. The zero-order valence-electron chi connectivity index (χ0n) is 24.2. The topological polar surface area (TPSA) is 177 Å². The number of hydrogen-bond donors (Lipinski definition) is 6. The Morgan fingerprint density at radius 3 is 2.38 bits per heavy atom. The first kappa shape index (κ1) is 29.2. The zero-order chi connectivity index (χ0) is 30.8. The summed E-state index contributed by atoms with van der Waals surface area (Å²) >= 11 is 0. The van der Waals surface area contributed by atoms with E-state index in [9.17, 15) is 34.8 Å². The molecule has 0 bridgehead atoms. The van der Waals surface area contributed by atoms with Gasteiger partial charge in [0.2, 0.25) is 11.8 Å². The number of phenolic OH excluding ortho intramolecular Hbond substituents is 1. The Labute approximate surface area is 243 Å². The van der Waals surface area contributed by atoms with Crippen molar-refractivity contribution in [3.63, 3.8) is 0 Å². The summed E-state index contributed by atoms with van der Waals surface area (Å²) in [6.07, 6.45) is 0.0675. The fourth-order valence-corrected chi connectivity index (χ4v) is 6.97. The van der Waals surface area contributed by atoms with Crippen LogP contribution in [0.25, 0.3) is 11.1 Å². The van der Waals surface area contributed by atoms with Crippen molar-refractivity contribution in [1.82, 2.24) is 4.90 Å². The number of rotatable bonds is 5. The third-order valence-electron chi connectivity index (χ3n) is 8.78. The second-order valence-electron chi connectivity index (χ2n) is 11.9. The van der Waals surface area contributed by atoms with Gasteiger partial charge in [-0.25, -0.2) is 0 Å². The SMILES string of the molecule is CC(=O)Nc1cccc(-c2cc(N(C)C)c3c(c2O)C(=O)C2=C(O)C4(O)CC(C(N)=O)=C(O)C(N(C)C)C4CC2C3)c1. The number of ketones is 1. The van der Waals surface area contributed by atoms with Crippen molar-refractivity contribution in [3.8, 4) is 16.9 Å². The number of primary amides is 1. The standard InChI is InChI=1S/C31H36N4O7/c1-14(36)33-17-8-6-7-15(9-17)18-12-22(34(2)3)19-10-16-11-21-25(35(4)5)27(38)20(30(32)41)13-31(21,42)29(40)23(16)28(39)24(19)26(18)37/h6-9,12,16,21,25,37-38,40,42H,10-11,13H2,1-5H3,(H2,32,41)(H,33,36). The molecule has 0 aromatic heterocycles. The molecule has 3 aliphatic carbocycles. The van der Waals surface area contributed by atoms with Crippen molar-refractivity contribution in [2.45, 2.75) is 37.8 Å². The van der Waals surface area contributed by atoms with E-state index in [4.69, 9.17) is 5.73 Å². The quantitative estimate of drug-likeness (QED) is 0.312. The minimum atomic E-state index is -2.03. The highest BCUT2D eigenvalue weighted by Crippen LogP contribution is 2.55. The summed E-state index contributed by atoms with van der Waals surface area (Å²) in [7, 11) is 7.03. The van der Waals surface area contributed by atoms with Gasteiger partial charge in [0.05, 0.1) is 17.2 Å². The van der Waals surface area contributed by atoms with E-state index in [0.29, 0.717) is 28.1 Å². The molecule has 2 amide bonds. The van der Waals surface area contributed by atoms with Crippen molar-refractivity contribution in [1.29, 1.82) is 0 Å². The third-order valence-corrected chi connectivity index (χ3v) is 8.78. The lowest BCUT2D eigenvalue weighted by atomic mass is 9.59. The van der Waals surface area contributed by atoms with Crippen molar-refractivity contribution < 1.29 is 34.8 Å². The number of fused-ring (bicyclic) bond motifs is 3. The molecule has 0 spiro atoms. The molecule has 4 atom stereocenters. The number of likely N-dealkylation sites (N-methyl/N-ethyl adjacent to an activating group) is 1. The fourth-order valence-electron chi connectivity index (χ4n) is 6.97. The molecule has 0 heterocycles. The van der Waals surface area contributed by atoms with Crippen LogP contribution in [0.1, 0.15) is 35.7 Å². The number of nitrogens with two attached hydrogens (primary N) is 1. The summed E-state index contributed by atoms with van der Waals surface area (Å²) in [5.41, 5.74) is 6.03. The van der Waals surface area contributed by atoms with Crippen LogP contribution < -0.4 is 16.0 Å². The van der Waals surface area contributed by atoms with Gasteiger partial charge in [-0.15, -0.1) is 0 Å². The van der Waals surface area contributed by atoms with E-state index >= 15 is 0 Å². The van der Waals surface area contributed by atoms with E-state index in [1.807, 2.05) is 19.0 Å². The lowest BCUT2D eigenvalue weighted by molar-refractivity contribution is -0.118. The first-order valence-corrected chi connectivity index (χ1v) is 13.7. The van der Waals surface area contributed by atoms with Gasteiger partial charge in [0.25, 0.3) is 0 Å². The van der Waals surface area contributed by atoms with Crippen LogP contribution in [0.15, 0.2) is 53.0 Å². The van der Waals surface area contributed by atoms with Crippen LogP contribution in [0.4, 0.5) is 11.4 Å². The molecule has 2 aromatic carbocycles. The maximum absolute atomic E-state index is 14.2. The third kappa shape index (κ3) is 4.40. The molecule has 11 heteroatoms. The van der Waals surface area contributed by atoms with E-state index in [1.54, 1.807) is 49.3 Å². The van der Waals surface area contributed by atoms with Crippen LogP contribution in [0.2, 0.25) is 0 Å². The van der Waals surface area contributed by atoms with Gasteiger partial charge in [0.15, 0.2) is 5.78 Å². The van der Waals surface area contributed by atoms with Crippen LogP contribution in [0.3, 0.4) is 0 Å². The summed E-state index contributed by atoms with van der Waals surface area (Å²) in [5.74, 6) is -4.16. The summed E-state index contributed by atoms with van der Waals surface area (Å²) < 4.78 is 0. The Balaban J connectivity index is 1.70. The number of benzene rings is 2. The number of aliphatic hydroxyl groups is 3. The first-order chi connectivity index (χ1) is 19.7. The lowest BCUT2D eigenvalue weighted by Crippen LogP contribution is -2.59. The van der Waals surface area contributed by atoms with Gasteiger partial charge in [-0.05, 0) is 62.2 Å². The number of allylic oxidation sites excluding steroid dienone is 1. The molecule has 0 radical (unpaired) electrons. The van der Waals surface area contributed by atoms with Crippen LogP contribution in [-0.2, 0) is 16.0 Å². The molecule has 7 N–H and O–H groups in total. The number of amides is 2. The van der Waals surface area contributed by atoms with Crippen molar-refractivity contribution in [2.24, 2.45) is 17.6 Å². The Bertz CT molecular complexity index is 1590. The molecule has 2 aromatic rings. The Hall–Kier alpha value is -4.35. The molecular weight excluding hydrogens is 540 g/mol. The van der Waals surface area contributed by atoms with Crippen LogP contribution in [0, 0.1) is 11.8 Å². The number of hydrogen-bond acceptors (Lipinski definition) is 9. The van der Waals surface area contributed by atoms with E-state index < -0.39 is 47.3 Å². The lowest BCUT2D eigenvalue weighted by Gasteiger charge is -2.51. The average Bonchev–Trinajstić information content (AvgIpc) is 2.89. The second kappa shape index (κ2) is 10.2. The number of phenols is 1. The smallest absolute Gasteiger partial charge is 0.248 e. The summed E-state index contributed by atoms with van der Waals surface area (Å²) in [5, 5.41) is 48.8. The minimum Gasteiger partial charge on any atom is -0.510 e. The van der Waals surface area contributed by atoms with Crippen molar-refractivity contribution >= 4 is 29.0 Å². The highest BCUT2D eigenvalue weighted by molar-refractivity contribution is 6.15. The predicted molar refractivity (Wildman–Crippen MR) is 157 cm³/mol. The number of Topliss-reactive ketones (excluding diaryl/α,β-unsaturated/α-hetero) is 1. The highest BCUT2D eigenvalue weighted by Gasteiger charge is 2.58. The normalized spacial score (nSPS) is 25.1. The maximum Gasteiger partial charge on any atom is 0.248 e.